The number of carbonyl (C=O) groups is 1. The van der Waals surface area contributed by atoms with Crippen molar-refractivity contribution in [3.8, 4) is 5.75 Å². The number of alkyl carbamates (subject to hydrolysis) is 1. The molecule has 9 nitrogen and oxygen atoms in total. The Morgan fingerprint density at radius 1 is 1.20 bits per heavy atom. The lowest BCUT2D eigenvalue weighted by atomic mass is 10.0. The summed E-state index contributed by atoms with van der Waals surface area (Å²) in [6.45, 7) is 6.95. The van der Waals surface area contributed by atoms with Gasteiger partial charge in [0.1, 0.15) is 34.5 Å². The summed E-state index contributed by atoms with van der Waals surface area (Å²) in [7, 11) is 1.42. The van der Waals surface area contributed by atoms with E-state index in [1.165, 1.54) is 42.5 Å². The second kappa shape index (κ2) is 11.5. The van der Waals surface area contributed by atoms with Gasteiger partial charge in [-0.25, -0.2) is 19.2 Å². The number of carbonyl (C=O) groups excluding carboxylic acids is 1. The van der Waals surface area contributed by atoms with Crippen molar-refractivity contribution in [1.82, 2.24) is 20.2 Å². The van der Waals surface area contributed by atoms with Crippen molar-refractivity contribution in [3.05, 3.63) is 59.7 Å². The summed E-state index contributed by atoms with van der Waals surface area (Å²) in [6, 6.07) is 6.71. The molecule has 0 saturated carbocycles. The van der Waals surface area contributed by atoms with Gasteiger partial charge in [0.05, 0.1) is 24.6 Å². The van der Waals surface area contributed by atoms with E-state index in [4.69, 9.17) is 9.47 Å². The van der Waals surface area contributed by atoms with Gasteiger partial charge in [0.15, 0.2) is 0 Å². The number of halogens is 4. The molecule has 0 spiro atoms. The third kappa shape index (κ3) is 7.60. The van der Waals surface area contributed by atoms with Crippen LogP contribution in [-0.2, 0) is 4.74 Å². The molecule has 3 heterocycles. The maximum Gasteiger partial charge on any atom is 0.408 e. The minimum atomic E-state index is -4.57. The molecule has 1 aromatic carbocycles. The van der Waals surface area contributed by atoms with Gasteiger partial charge in [0, 0.05) is 30.7 Å². The first kappa shape index (κ1) is 30.0. The Hall–Kier alpha value is -4.00. The van der Waals surface area contributed by atoms with E-state index in [1.54, 1.807) is 39.8 Å². The lowest BCUT2D eigenvalue weighted by molar-refractivity contribution is -0.184. The highest BCUT2D eigenvalue weighted by Gasteiger charge is 2.49. The summed E-state index contributed by atoms with van der Waals surface area (Å²) in [5.41, 5.74) is 1.93. The smallest absolute Gasteiger partial charge is 0.408 e. The first-order valence-corrected chi connectivity index (χ1v) is 12.9. The lowest BCUT2D eigenvalue weighted by Gasteiger charge is -2.32. The van der Waals surface area contributed by atoms with Crippen LogP contribution in [0, 0.1) is 5.82 Å². The highest BCUT2D eigenvalue weighted by atomic mass is 19.4. The molecule has 3 aromatic rings. The lowest BCUT2D eigenvalue weighted by Crippen LogP contribution is -2.50. The Morgan fingerprint density at radius 2 is 1.95 bits per heavy atom. The van der Waals surface area contributed by atoms with Crippen LogP contribution in [0.2, 0.25) is 0 Å². The van der Waals surface area contributed by atoms with Gasteiger partial charge in [0.25, 0.3) is 0 Å². The average Bonchev–Trinajstić information content (AvgIpc) is 3.22. The van der Waals surface area contributed by atoms with E-state index in [1.807, 2.05) is 0 Å². The van der Waals surface area contributed by atoms with Crippen LogP contribution in [0.1, 0.15) is 51.4 Å². The first-order chi connectivity index (χ1) is 19.2. The van der Waals surface area contributed by atoms with E-state index in [2.05, 4.69) is 25.8 Å². The molecule has 2 atom stereocenters. The van der Waals surface area contributed by atoms with Crippen LogP contribution in [0.3, 0.4) is 0 Å². The second-order valence-corrected chi connectivity index (χ2v) is 11.1. The maximum atomic E-state index is 14.2. The molecule has 1 saturated heterocycles. The van der Waals surface area contributed by atoms with Crippen LogP contribution in [0.5, 0.6) is 5.75 Å². The third-order valence-corrected chi connectivity index (χ3v) is 6.42. The Labute approximate surface area is 234 Å². The zero-order valence-electron chi connectivity index (χ0n) is 23.3. The molecule has 1 fully saturated rings. The number of hydrogen-bond acceptors (Lipinski definition) is 8. The fourth-order valence-electron chi connectivity index (χ4n) is 4.68. The number of rotatable bonds is 7. The normalized spacial score (nSPS) is 19.0. The van der Waals surface area contributed by atoms with Crippen LogP contribution in [0.15, 0.2) is 47.7 Å². The number of hydrogen-bond donors (Lipinski definition) is 2. The monoisotopic (exact) mass is 576 g/mol. The minimum absolute atomic E-state index is 0.0170. The molecule has 220 valence electrons. The van der Waals surface area contributed by atoms with Crippen molar-refractivity contribution in [1.29, 1.82) is 0 Å². The maximum absolute atomic E-state index is 14.2. The summed E-state index contributed by atoms with van der Waals surface area (Å²) in [4.78, 5) is 22.0. The van der Waals surface area contributed by atoms with Crippen LogP contribution >= 0.6 is 0 Å². The summed E-state index contributed by atoms with van der Waals surface area (Å²) in [5.74, 6) is 0.0561. The molecule has 0 aliphatic carbocycles. The number of pyridine rings is 2. The number of fused-ring (bicyclic) bond motifs is 1. The number of nitrogens with zero attached hydrogens (tertiary/aromatic N) is 4. The standard InChI is InChI=1S/C28H32F4N6O3/c1-26(2,3)41-25(39)36-27(4)10-11-38(16-27)24(28(30,31)32)18-7-9-22(33-14-18)37-34-15-20-8-6-17-12-19(29)13-21(40-5)23(17)35-20/h6-9,12-15,24H,10-11,16H2,1-5H3,(H,33,37)(H,36,39)/b34-15+/t24-,27-/m0/s1. The molecule has 13 heteroatoms. The molecule has 4 rings (SSSR count). The number of alkyl halides is 3. The topological polar surface area (TPSA) is 101 Å². The third-order valence-electron chi connectivity index (χ3n) is 6.42. The van der Waals surface area contributed by atoms with Gasteiger partial charge in [0.2, 0.25) is 0 Å². The Balaban J connectivity index is 1.44. The fourth-order valence-corrected chi connectivity index (χ4v) is 4.68. The number of anilines is 1. The number of nitrogens with one attached hydrogen (secondary N) is 2. The quantitative estimate of drug-likeness (QED) is 0.208. The summed E-state index contributed by atoms with van der Waals surface area (Å²) in [5, 5.41) is 7.35. The van der Waals surface area contributed by atoms with Crippen molar-refractivity contribution in [2.24, 2.45) is 5.10 Å². The zero-order chi connectivity index (χ0) is 30.0. The van der Waals surface area contributed by atoms with E-state index in [-0.39, 0.29) is 30.2 Å². The van der Waals surface area contributed by atoms with Crippen molar-refractivity contribution in [3.63, 3.8) is 0 Å². The predicted octanol–water partition coefficient (Wildman–Crippen LogP) is 5.82. The van der Waals surface area contributed by atoms with Crippen LogP contribution in [0.25, 0.3) is 10.9 Å². The Morgan fingerprint density at radius 3 is 2.59 bits per heavy atom. The zero-order valence-corrected chi connectivity index (χ0v) is 23.3. The first-order valence-electron chi connectivity index (χ1n) is 12.9. The molecule has 41 heavy (non-hydrogen) atoms. The van der Waals surface area contributed by atoms with Gasteiger partial charge in [-0.05, 0) is 57.9 Å². The van der Waals surface area contributed by atoms with E-state index < -0.39 is 35.3 Å². The van der Waals surface area contributed by atoms with Gasteiger partial charge >= 0.3 is 12.3 Å². The molecule has 1 amide bonds. The molecule has 0 unspecified atom stereocenters. The Bertz CT molecular complexity index is 1430. The van der Waals surface area contributed by atoms with Gasteiger partial charge in [-0.15, -0.1) is 0 Å². The number of likely N-dealkylation sites (tertiary alicyclic amines) is 1. The number of amides is 1. The molecule has 2 aromatic heterocycles. The molecule has 2 N–H and O–H groups in total. The molecular weight excluding hydrogens is 544 g/mol. The van der Waals surface area contributed by atoms with Crippen molar-refractivity contribution in [2.45, 2.75) is 57.5 Å². The van der Waals surface area contributed by atoms with E-state index in [0.717, 1.165) is 6.20 Å². The van der Waals surface area contributed by atoms with Crippen LogP contribution in [-0.4, -0.2) is 64.7 Å². The number of hydrazone groups is 1. The number of methoxy groups -OCH3 is 1. The minimum Gasteiger partial charge on any atom is -0.494 e. The van der Waals surface area contributed by atoms with Crippen LogP contribution in [0.4, 0.5) is 28.2 Å². The second-order valence-electron chi connectivity index (χ2n) is 11.1. The summed E-state index contributed by atoms with van der Waals surface area (Å²) >= 11 is 0. The largest absolute Gasteiger partial charge is 0.494 e. The van der Waals surface area contributed by atoms with Gasteiger partial charge < -0.3 is 14.8 Å². The summed E-state index contributed by atoms with van der Waals surface area (Å²) in [6.07, 6.45) is -2.36. The van der Waals surface area contributed by atoms with Crippen molar-refractivity contribution < 1.29 is 31.8 Å². The number of aromatic nitrogens is 2. The molecular formula is C28H32F4N6O3. The molecule has 1 aliphatic heterocycles. The van der Waals surface area contributed by atoms with E-state index in [0.29, 0.717) is 23.0 Å². The van der Waals surface area contributed by atoms with Crippen molar-refractivity contribution in [2.75, 3.05) is 25.6 Å². The number of ether oxygens (including phenoxy) is 2. The highest BCUT2D eigenvalue weighted by molar-refractivity contribution is 5.89. The predicted molar refractivity (Wildman–Crippen MR) is 146 cm³/mol. The molecule has 1 aliphatic rings. The number of benzene rings is 1. The molecule has 0 radical (unpaired) electrons. The van der Waals surface area contributed by atoms with Crippen LogP contribution < -0.4 is 15.5 Å². The SMILES string of the molecule is COc1cc(F)cc2ccc(/C=N/Nc3ccc([C@H](N4CC[C@](C)(NC(=O)OC(C)(C)C)C4)C(F)(F)F)cn3)nc12. The van der Waals surface area contributed by atoms with Gasteiger partial charge in [-0.3, -0.25) is 10.3 Å². The Kier molecular flexibility index (Phi) is 8.39. The summed E-state index contributed by atoms with van der Waals surface area (Å²) < 4.78 is 66.8. The fraction of sp³-hybridized carbons (Fsp3) is 0.429. The van der Waals surface area contributed by atoms with Gasteiger partial charge in [-0.2, -0.15) is 18.3 Å². The highest BCUT2D eigenvalue weighted by Crippen LogP contribution is 2.41. The average molecular weight is 577 g/mol. The van der Waals surface area contributed by atoms with Crippen molar-refractivity contribution >= 4 is 29.0 Å². The van der Waals surface area contributed by atoms with Gasteiger partial charge in [-0.1, -0.05) is 12.1 Å². The van der Waals surface area contributed by atoms with E-state index >= 15 is 0 Å². The van der Waals surface area contributed by atoms with E-state index in [9.17, 15) is 22.4 Å². The molecule has 0 bridgehead atoms.